The standard InChI is InChI=1S/C17H22ClN3O2.C9H4Cl2N2O2/c1-2-3-4-5-6-9-12-19-15-13-10-7-8-11-14(13)20-17(18)16(15)21(22)23;10-7-5-3-1-2-4-6(5)12-9(11)8(7)13(14)15/h7-8,10-11H,2-6,9,12H2,1H3,(H,19,20);1-4H. The van der Waals surface area contributed by atoms with Gasteiger partial charge in [-0.3, -0.25) is 20.2 Å². The molecule has 2 heterocycles. The quantitative estimate of drug-likeness (QED) is 0.0861. The summed E-state index contributed by atoms with van der Waals surface area (Å²) in [5.74, 6) is 0. The second kappa shape index (κ2) is 14.0. The molecule has 0 bridgehead atoms. The molecule has 0 amide bonds. The molecule has 4 aromatic rings. The fraction of sp³-hybridized carbons (Fsp3) is 0.308. The second-order valence-electron chi connectivity index (χ2n) is 8.43. The predicted molar refractivity (Wildman–Crippen MR) is 154 cm³/mol. The Kier molecular flexibility index (Phi) is 10.8. The molecule has 9 nitrogen and oxygen atoms in total. The van der Waals surface area contributed by atoms with E-state index in [2.05, 4.69) is 22.2 Å². The molecule has 0 aliphatic heterocycles. The first-order valence-electron chi connectivity index (χ1n) is 12.1. The molecule has 0 unspecified atom stereocenters. The van der Waals surface area contributed by atoms with Gasteiger partial charge in [0.15, 0.2) is 0 Å². The topological polar surface area (TPSA) is 124 Å². The molecule has 0 spiro atoms. The van der Waals surface area contributed by atoms with Crippen molar-refractivity contribution in [2.75, 3.05) is 11.9 Å². The third-order valence-electron chi connectivity index (χ3n) is 5.78. The van der Waals surface area contributed by atoms with Gasteiger partial charge in [0, 0.05) is 17.3 Å². The second-order valence-corrected chi connectivity index (χ2v) is 9.53. The number of unbranched alkanes of at least 4 members (excludes halogenated alkanes) is 5. The van der Waals surface area contributed by atoms with Crippen LogP contribution in [-0.2, 0) is 0 Å². The van der Waals surface area contributed by atoms with Gasteiger partial charge < -0.3 is 5.32 Å². The number of anilines is 1. The van der Waals surface area contributed by atoms with Gasteiger partial charge in [-0.2, -0.15) is 0 Å². The Morgan fingerprint density at radius 2 is 1.24 bits per heavy atom. The van der Waals surface area contributed by atoms with Crippen molar-refractivity contribution >= 4 is 73.7 Å². The lowest BCUT2D eigenvalue weighted by atomic mass is 10.1. The summed E-state index contributed by atoms with van der Waals surface area (Å²) in [5.41, 5.74) is 1.18. The highest BCUT2D eigenvalue weighted by atomic mass is 35.5. The van der Waals surface area contributed by atoms with Gasteiger partial charge in [-0.1, -0.05) is 110 Å². The molecule has 0 saturated heterocycles. The average molecular weight is 579 g/mol. The molecule has 2 aromatic heterocycles. The van der Waals surface area contributed by atoms with Gasteiger partial charge >= 0.3 is 11.4 Å². The van der Waals surface area contributed by atoms with Crippen LogP contribution in [0.25, 0.3) is 21.8 Å². The zero-order chi connectivity index (χ0) is 27.7. The van der Waals surface area contributed by atoms with Gasteiger partial charge in [-0.15, -0.1) is 0 Å². The Morgan fingerprint density at radius 1 is 0.737 bits per heavy atom. The van der Waals surface area contributed by atoms with Crippen LogP contribution in [0.5, 0.6) is 0 Å². The minimum atomic E-state index is -0.635. The summed E-state index contributed by atoms with van der Waals surface area (Å²) in [6.45, 7) is 2.89. The van der Waals surface area contributed by atoms with Crippen molar-refractivity contribution in [3.8, 4) is 0 Å². The van der Waals surface area contributed by atoms with Crippen molar-refractivity contribution < 1.29 is 9.85 Å². The molecular formula is C26H26Cl3N5O4. The van der Waals surface area contributed by atoms with E-state index in [1.807, 2.05) is 18.2 Å². The maximum absolute atomic E-state index is 11.3. The minimum Gasteiger partial charge on any atom is -0.379 e. The van der Waals surface area contributed by atoms with Gasteiger partial charge in [-0.25, -0.2) is 9.97 Å². The molecule has 0 aliphatic rings. The summed E-state index contributed by atoms with van der Waals surface area (Å²) in [6, 6.07) is 14.2. The fourth-order valence-electron chi connectivity index (χ4n) is 3.93. The molecule has 2 aromatic carbocycles. The first-order chi connectivity index (χ1) is 18.3. The van der Waals surface area contributed by atoms with Crippen LogP contribution < -0.4 is 5.32 Å². The van der Waals surface area contributed by atoms with Gasteiger partial charge in [0.1, 0.15) is 10.7 Å². The molecule has 0 fully saturated rings. The van der Waals surface area contributed by atoms with E-state index in [0.29, 0.717) is 28.7 Å². The number of rotatable bonds is 10. The number of hydrogen-bond donors (Lipinski definition) is 1. The van der Waals surface area contributed by atoms with Gasteiger partial charge in [-0.05, 0) is 18.6 Å². The molecule has 4 rings (SSSR count). The summed E-state index contributed by atoms with van der Waals surface area (Å²) >= 11 is 17.5. The number of benzene rings is 2. The zero-order valence-electron chi connectivity index (χ0n) is 20.6. The van der Waals surface area contributed by atoms with Crippen molar-refractivity contribution in [1.82, 2.24) is 9.97 Å². The first kappa shape index (κ1) is 29.3. The average Bonchev–Trinajstić information content (AvgIpc) is 2.88. The van der Waals surface area contributed by atoms with E-state index in [-0.39, 0.29) is 26.7 Å². The molecule has 1 N–H and O–H groups in total. The van der Waals surface area contributed by atoms with Crippen LogP contribution in [0.2, 0.25) is 15.3 Å². The number of halogens is 3. The highest BCUT2D eigenvalue weighted by molar-refractivity contribution is 6.41. The van der Waals surface area contributed by atoms with Crippen molar-refractivity contribution in [3.63, 3.8) is 0 Å². The number of nitrogens with one attached hydrogen (secondary N) is 1. The highest BCUT2D eigenvalue weighted by Crippen LogP contribution is 2.38. The molecular weight excluding hydrogens is 553 g/mol. The fourth-order valence-corrected chi connectivity index (χ4v) is 4.80. The Morgan fingerprint density at radius 3 is 1.84 bits per heavy atom. The third kappa shape index (κ3) is 7.18. The molecule has 38 heavy (non-hydrogen) atoms. The van der Waals surface area contributed by atoms with E-state index < -0.39 is 9.85 Å². The summed E-state index contributed by atoms with van der Waals surface area (Å²) in [4.78, 5) is 28.9. The Bertz CT molecular complexity index is 1450. The lowest BCUT2D eigenvalue weighted by molar-refractivity contribution is -0.384. The number of aromatic nitrogens is 2. The van der Waals surface area contributed by atoms with Crippen molar-refractivity contribution in [2.24, 2.45) is 0 Å². The molecule has 0 aliphatic carbocycles. The summed E-state index contributed by atoms with van der Waals surface area (Å²) in [5, 5.41) is 26.2. The van der Waals surface area contributed by atoms with Crippen LogP contribution in [0.3, 0.4) is 0 Å². The summed E-state index contributed by atoms with van der Waals surface area (Å²) in [6.07, 6.45) is 7.05. The SMILES string of the molecule is CCCCCCCCNc1c([N+](=O)[O-])c(Cl)nc2ccccc12.O=[N+]([O-])c1c(Cl)nc2ccccc2c1Cl. The number of hydrogen-bond acceptors (Lipinski definition) is 7. The van der Waals surface area contributed by atoms with E-state index in [4.69, 9.17) is 34.8 Å². The van der Waals surface area contributed by atoms with Crippen LogP contribution in [0.15, 0.2) is 48.5 Å². The molecule has 0 radical (unpaired) electrons. The van der Waals surface area contributed by atoms with Crippen molar-refractivity contribution in [3.05, 3.63) is 84.1 Å². The lowest BCUT2D eigenvalue weighted by Gasteiger charge is -2.11. The Labute approximate surface area is 234 Å². The smallest absolute Gasteiger partial charge is 0.329 e. The Balaban J connectivity index is 0.000000230. The predicted octanol–water partition coefficient (Wildman–Crippen LogP) is 9.02. The maximum atomic E-state index is 11.3. The van der Waals surface area contributed by atoms with Crippen molar-refractivity contribution in [1.29, 1.82) is 0 Å². The summed E-state index contributed by atoms with van der Waals surface area (Å²) in [7, 11) is 0. The molecule has 200 valence electrons. The van der Waals surface area contributed by atoms with E-state index in [1.165, 1.54) is 25.7 Å². The van der Waals surface area contributed by atoms with Gasteiger partial charge in [0.25, 0.3) is 0 Å². The number of pyridine rings is 2. The zero-order valence-corrected chi connectivity index (χ0v) is 22.9. The highest BCUT2D eigenvalue weighted by Gasteiger charge is 2.23. The number of para-hydroxylation sites is 2. The first-order valence-corrected chi connectivity index (χ1v) is 13.2. The van der Waals surface area contributed by atoms with Crippen molar-refractivity contribution in [2.45, 2.75) is 45.4 Å². The Hall–Kier alpha value is -3.27. The van der Waals surface area contributed by atoms with Crippen LogP contribution >= 0.6 is 34.8 Å². The normalized spacial score (nSPS) is 10.7. The largest absolute Gasteiger partial charge is 0.379 e. The molecule has 12 heteroatoms. The van der Waals surface area contributed by atoms with Crippen LogP contribution in [-0.4, -0.2) is 26.4 Å². The molecule has 0 saturated carbocycles. The minimum absolute atomic E-state index is 0.0237. The van der Waals surface area contributed by atoms with E-state index >= 15 is 0 Å². The van der Waals surface area contributed by atoms with Crippen LogP contribution in [0.1, 0.15) is 45.4 Å². The number of nitrogens with zero attached hydrogens (tertiary/aromatic N) is 4. The van der Waals surface area contributed by atoms with E-state index in [0.717, 1.165) is 18.2 Å². The van der Waals surface area contributed by atoms with Crippen LogP contribution in [0, 0.1) is 20.2 Å². The monoisotopic (exact) mass is 577 g/mol. The number of nitro groups is 2. The lowest BCUT2D eigenvalue weighted by Crippen LogP contribution is -2.06. The maximum Gasteiger partial charge on any atom is 0.329 e. The van der Waals surface area contributed by atoms with Gasteiger partial charge in [0.05, 0.1) is 20.9 Å². The summed E-state index contributed by atoms with van der Waals surface area (Å²) < 4.78 is 0. The van der Waals surface area contributed by atoms with E-state index in [1.54, 1.807) is 30.3 Å². The van der Waals surface area contributed by atoms with Gasteiger partial charge in [0.2, 0.25) is 10.3 Å². The third-order valence-corrected chi connectivity index (χ3v) is 6.69. The number of fused-ring (bicyclic) bond motifs is 2. The molecule has 0 atom stereocenters. The van der Waals surface area contributed by atoms with E-state index in [9.17, 15) is 20.2 Å². The van der Waals surface area contributed by atoms with Crippen LogP contribution in [0.4, 0.5) is 17.1 Å².